The third-order valence-electron chi connectivity index (χ3n) is 5.73. The van der Waals surface area contributed by atoms with Crippen molar-refractivity contribution in [1.82, 2.24) is 0 Å². The molecule has 0 fully saturated rings. The molecule has 0 aliphatic heterocycles. The van der Waals surface area contributed by atoms with Crippen LogP contribution in [-0.4, -0.2) is 5.71 Å². The van der Waals surface area contributed by atoms with Crippen LogP contribution in [0.4, 0.5) is 0 Å². The number of nitriles is 1. The zero-order valence-corrected chi connectivity index (χ0v) is 17.9. The first-order valence-corrected chi connectivity index (χ1v) is 10.6. The van der Waals surface area contributed by atoms with Crippen LogP contribution >= 0.6 is 0 Å². The largest absolute Gasteiger partial charge is 0.456 e. The number of hydrogen-bond acceptors (Lipinski definition) is 3. The first kappa shape index (κ1) is 20.2. The van der Waals surface area contributed by atoms with Gasteiger partial charge >= 0.3 is 0 Å². The van der Waals surface area contributed by atoms with Crippen molar-refractivity contribution in [3.63, 3.8) is 0 Å². The monoisotopic (exact) mass is 424 g/mol. The zero-order valence-electron chi connectivity index (χ0n) is 17.9. The summed E-state index contributed by atoms with van der Waals surface area (Å²) >= 11 is 0. The summed E-state index contributed by atoms with van der Waals surface area (Å²) in [5.74, 6) is 0. The second kappa shape index (κ2) is 8.45. The van der Waals surface area contributed by atoms with Gasteiger partial charge in [-0.05, 0) is 58.7 Å². The van der Waals surface area contributed by atoms with Gasteiger partial charge in [0.05, 0.1) is 17.4 Å². The molecule has 0 atom stereocenters. The van der Waals surface area contributed by atoms with Crippen LogP contribution in [0, 0.1) is 16.7 Å². The molecule has 3 nitrogen and oxygen atoms in total. The highest BCUT2D eigenvalue weighted by Gasteiger charge is 2.11. The number of furan rings is 1. The molecule has 0 saturated carbocycles. The molecule has 0 aliphatic rings. The lowest BCUT2D eigenvalue weighted by Crippen LogP contribution is -1.96. The SMILES string of the molecule is C=C/C(C#N)=C\C(=N)c1cccc(-c2ccc3oc4ccc(-c5ccccc5)cc4c3c2)c1. The Morgan fingerprint density at radius 3 is 2.00 bits per heavy atom. The molecular weight excluding hydrogens is 404 g/mol. The van der Waals surface area contributed by atoms with Crippen LogP contribution in [0.5, 0.6) is 0 Å². The van der Waals surface area contributed by atoms with Gasteiger partial charge in [0.1, 0.15) is 11.2 Å². The molecule has 0 spiro atoms. The number of fused-ring (bicyclic) bond motifs is 3. The van der Waals surface area contributed by atoms with Gasteiger partial charge in [-0.3, -0.25) is 0 Å². The molecule has 1 heterocycles. The maximum absolute atomic E-state index is 9.12. The second-order valence-corrected chi connectivity index (χ2v) is 7.80. The van der Waals surface area contributed by atoms with E-state index in [1.54, 1.807) is 0 Å². The first-order valence-electron chi connectivity index (χ1n) is 10.6. The average molecular weight is 425 g/mol. The minimum absolute atomic E-state index is 0.274. The van der Waals surface area contributed by atoms with E-state index in [4.69, 9.17) is 15.1 Å². The highest BCUT2D eigenvalue weighted by Crippen LogP contribution is 2.35. The molecule has 0 radical (unpaired) electrons. The number of nitrogens with zero attached hydrogens (tertiary/aromatic N) is 1. The van der Waals surface area contributed by atoms with E-state index in [9.17, 15) is 0 Å². The van der Waals surface area contributed by atoms with Crippen LogP contribution in [-0.2, 0) is 0 Å². The third kappa shape index (κ3) is 3.86. The zero-order chi connectivity index (χ0) is 22.8. The van der Waals surface area contributed by atoms with Gasteiger partial charge in [0.15, 0.2) is 0 Å². The second-order valence-electron chi connectivity index (χ2n) is 7.80. The molecule has 0 unspecified atom stereocenters. The van der Waals surface area contributed by atoms with Crippen molar-refractivity contribution < 1.29 is 4.42 Å². The van der Waals surface area contributed by atoms with Gasteiger partial charge in [-0.25, -0.2) is 0 Å². The Labute approximate surface area is 192 Å². The first-order chi connectivity index (χ1) is 16.2. The van der Waals surface area contributed by atoms with E-state index < -0.39 is 0 Å². The van der Waals surface area contributed by atoms with Crippen LogP contribution in [0.25, 0.3) is 44.2 Å². The number of hydrogen-bond donors (Lipinski definition) is 1. The highest BCUT2D eigenvalue weighted by molar-refractivity contribution is 6.09. The molecule has 5 aromatic rings. The normalized spacial score (nSPS) is 11.4. The minimum Gasteiger partial charge on any atom is -0.456 e. The minimum atomic E-state index is 0.274. The van der Waals surface area contributed by atoms with E-state index in [0.717, 1.165) is 44.2 Å². The van der Waals surface area contributed by atoms with E-state index >= 15 is 0 Å². The summed E-state index contributed by atoms with van der Waals surface area (Å²) in [4.78, 5) is 0. The van der Waals surface area contributed by atoms with Gasteiger partial charge in [0.25, 0.3) is 0 Å². The van der Waals surface area contributed by atoms with Gasteiger partial charge < -0.3 is 9.83 Å². The fourth-order valence-corrected chi connectivity index (χ4v) is 4.01. The van der Waals surface area contributed by atoms with E-state index in [-0.39, 0.29) is 5.71 Å². The summed E-state index contributed by atoms with van der Waals surface area (Å²) in [5.41, 5.74) is 7.43. The van der Waals surface area contributed by atoms with Crippen LogP contribution < -0.4 is 0 Å². The lowest BCUT2D eigenvalue weighted by atomic mass is 9.98. The van der Waals surface area contributed by atoms with Crippen molar-refractivity contribution in [3.05, 3.63) is 121 Å². The molecule has 156 valence electrons. The topological polar surface area (TPSA) is 60.8 Å². The molecular formula is C30H20N2O. The van der Waals surface area contributed by atoms with Crippen LogP contribution in [0.2, 0.25) is 0 Å². The number of benzene rings is 4. The standard InChI is InChI=1S/C30H20N2O/c1-2-20(19-31)15-28(32)25-10-6-9-22(16-25)24-12-14-30-27(18-24)26-17-23(11-13-29(26)33-30)21-7-4-3-5-8-21/h2-18,32H,1H2/b20-15+,32-28?. The maximum Gasteiger partial charge on any atom is 0.135 e. The number of allylic oxidation sites excluding steroid dienone is 3. The number of nitrogens with one attached hydrogen (secondary N) is 1. The quantitative estimate of drug-likeness (QED) is 0.177. The third-order valence-corrected chi connectivity index (χ3v) is 5.73. The average Bonchev–Trinajstić information content (AvgIpc) is 3.25. The summed E-state index contributed by atoms with van der Waals surface area (Å²) < 4.78 is 6.08. The molecule has 1 aromatic heterocycles. The molecule has 1 N–H and O–H groups in total. The smallest absolute Gasteiger partial charge is 0.135 e. The Bertz CT molecular complexity index is 1600. The predicted molar refractivity (Wildman–Crippen MR) is 135 cm³/mol. The van der Waals surface area contributed by atoms with Crippen LogP contribution in [0.15, 0.2) is 120 Å². The molecule has 3 heteroatoms. The van der Waals surface area contributed by atoms with Gasteiger partial charge in [0.2, 0.25) is 0 Å². The Hall–Kier alpha value is -4.68. The Kier molecular flexibility index (Phi) is 5.18. The molecule has 33 heavy (non-hydrogen) atoms. The van der Waals surface area contributed by atoms with Crippen LogP contribution in [0.3, 0.4) is 0 Å². The fraction of sp³-hybridized carbons (Fsp3) is 0. The van der Waals surface area contributed by atoms with E-state index in [1.807, 2.05) is 66.7 Å². The lowest BCUT2D eigenvalue weighted by Gasteiger charge is -2.06. The van der Waals surface area contributed by atoms with Crippen molar-refractivity contribution in [3.8, 4) is 28.3 Å². The molecule has 0 saturated heterocycles. The summed E-state index contributed by atoms with van der Waals surface area (Å²) in [6, 6.07) is 32.6. The van der Waals surface area contributed by atoms with Gasteiger partial charge in [-0.1, -0.05) is 73.3 Å². The van der Waals surface area contributed by atoms with Crippen molar-refractivity contribution in [2.75, 3.05) is 0 Å². The van der Waals surface area contributed by atoms with E-state index in [0.29, 0.717) is 5.57 Å². The summed E-state index contributed by atoms with van der Waals surface area (Å²) in [6.45, 7) is 3.62. The highest BCUT2D eigenvalue weighted by atomic mass is 16.3. The summed E-state index contributed by atoms with van der Waals surface area (Å²) in [7, 11) is 0. The Balaban J connectivity index is 1.59. The van der Waals surface area contributed by atoms with Gasteiger partial charge in [-0.2, -0.15) is 5.26 Å². The van der Waals surface area contributed by atoms with Crippen molar-refractivity contribution in [2.24, 2.45) is 0 Å². The van der Waals surface area contributed by atoms with Crippen molar-refractivity contribution in [1.29, 1.82) is 10.7 Å². The lowest BCUT2D eigenvalue weighted by molar-refractivity contribution is 0.669. The summed E-state index contributed by atoms with van der Waals surface area (Å²) in [6.07, 6.45) is 2.99. The molecule has 0 bridgehead atoms. The summed E-state index contributed by atoms with van der Waals surface area (Å²) in [5, 5.41) is 19.6. The van der Waals surface area contributed by atoms with Crippen molar-refractivity contribution >= 4 is 27.7 Å². The maximum atomic E-state index is 9.12. The molecule has 0 aliphatic carbocycles. The van der Waals surface area contributed by atoms with E-state index in [1.165, 1.54) is 17.7 Å². The number of rotatable bonds is 5. The molecule has 4 aromatic carbocycles. The van der Waals surface area contributed by atoms with Gasteiger partial charge in [-0.15, -0.1) is 0 Å². The Morgan fingerprint density at radius 2 is 1.36 bits per heavy atom. The van der Waals surface area contributed by atoms with E-state index in [2.05, 4.69) is 36.9 Å². The van der Waals surface area contributed by atoms with Crippen molar-refractivity contribution in [2.45, 2.75) is 0 Å². The fourth-order valence-electron chi connectivity index (χ4n) is 4.01. The predicted octanol–water partition coefficient (Wildman–Crippen LogP) is 7.92. The molecule has 0 amide bonds. The molecule has 5 rings (SSSR count). The van der Waals surface area contributed by atoms with Crippen LogP contribution in [0.1, 0.15) is 5.56 Å². The Morgan fingerprint density at radius 1 is 0.758 bits per heavy atom. The van der Waals surface area contributed by atoms with Gasteiger partial charge in [0, 0.05) is 16.3 Å².